The fourth-order valence-corrected chi connectivity index (χ4v) is 6.43. The van der Waals surface area contributed by atoms with Gasteiger partial charge in [-0.3, -0.25) is 0 Å². The maximum absolute atomic E-state index is 13.1. The molecule has 0 saturated heterocycles. The van der Waals surface area contributed by atoms with Gasteiger partial charge >= 0.3 is 6.09 Å². The Bertz CT molecular complexity index is 1240. The molecule has 0 aliphatic heterocycles. The fourth-order valence-electron chi connectivity index (χ4n) is 6.43. The van der Waals surface area contributed by atoms with Crippen LogP contribution in [0.1, 0.15) is 96.4 Å². The minimum atomic E-state index is -0.380. The normalized spacial score (nSPS) is 19.6. The van der Waals surface area contributed by atoms with Crippen molar-refractivity contribution in [1.82, 2.24) is 5.32 Å². The van der Waals surface area contributed by atoms with Crippen LogP contribution in [0.25, 0.3) is 0 Å². The highest BCUT2D eigenvalue weighted by molar-refractivity contribution is 5.71. The maximum Gasteiger partial charge on any atom is 0.412 e. The summed E-state index contributed by atoms with van der Waals surface area (Å²) >= 11 is 0. The Balaban J connectivity index is 1.64. The lowest BCUT2D eigenvalue weighted by atomic mass is 9.64. The Morgan fingerprint density at radius 1 is 0.789 bits per heavy atom. The SMILES string of the molecule is CC1(C)CCCC(C)(CNC(=O)Oc2ccc(C(C)(C)c3ccccc3)cc2C(C)(C)c2ccccc2)C1. The molecule has 0 bridgehead atoms. The van der Waals surface area contributed by atoms with Crippen LogP contribution in [0.15, 0.2) is 78.9 Å². The summed E-state index contributed by atoms with van der Waals surface area (Å²) in [6, 6.07) is 27.3. The van der Waals surface area contributed by atoms with Gasteiger partial charge in [0.25, 0.3) is 0 Å². The molecule has 3 nitrogen and oxygen atoms in total. The van der Waals surface area contributed by atoms with Crippen molar-refractivity contribution in [3.8, 4) is 5.75 Å². The monoisotopic (exact) mass is 511 g/mol. The number of benzene rings is 3. The third-order valence-electron chi connectivity index (χ3n) is 8.77. The van der Waals surface area contributed by atoms with Gasteiger partial charge in [-0.1, -0.05) is 128 Å². The van der Waals surface area contributed by atoms with Crippen LogP contribution in [0.2, 0.25) is 0 Å². The first-order valence-corrected chi connectivity index (χ1v) is 14.0. The number of ether oxygens (including phenoxy) is 1. The standard InChI is InChI=1S/C35H45NO2/c1-32(2)21-14-22-35(7,24-32)25-36-31(37)38-30-20-19-28(33(3,4)26-15-10-8-11-16-26)23-29(30)34(5,6)27-17-12-9-13-18-27/h8-13,15-20,23H,14,21-22,24-25H2,1-7H3,(H,36,37). The minimum Gasteiger partial charge on any atom is -0.410 e. The van der Waals surface area contributed by atoms with E-state index in [1.54, 1.807) is 0 Å². The Hall–Kier alpha value is -3.07. The molecular formula is C35H45NO2. The molecule has 1 atom stereocenters. The van der Waals surface area contributed by atoms with Crippen molar-refractivity contribution in [1.29, 1.82) is 0 Å². The van der Waals surface area contributed by atoms with Gasteiger partial charge in [0.2, 0.25) is 0 Å². The molecule has 3 aromatic rings. The van der Waals surface area contributed by atoms with Crippen LogP contribution in [0.5, 0.6) is 5.75 Å². The Labute approximate surface area is 230 Å². The summed E-state index contributed by atoms with van der Waals surface area (Å²) in [5.41, 5.74) is 4.46. The van der Waals surface area contributed by atoms with Crippen LogP contribution in [0.3, 0.4) is 0 Å². The van der Waals surface area contributed by atoms with Crippen LogP contribution in [-0.4, -0.2) is 12.6 Å². The van der Waals surface area contributed by atoms with E-state index in [4.69, 9.17) is 4.74 Å². The number of hydrogen-bond donors (Lipinski definition) is 1. The second-order valence-corrected chi connectivity index (χ2v) is 13.4. The molecule has 1 amide bonds. The lowest BCUT2D eigenvalue weighted by Crippen LogP contribution is -2.42. The van der Waals surface area contributed by atoms with Crippen LogP contribution >= 0.6 is 0 Å². The maximum atomic E-state index is 13.1. The number of amides is 1. The van der Waals surface area contributed by atoms with Crippen molar-refractivity contribution in [2.75, 3.05) is 6.54 Å². The van der Waals surface area contributed by atoms with Gasteiger partial charge in [0.1, 0.15) is 5.75 Å². The highest BCUT2D eigenvalue weighted by atomic mass is 16.6. The van der Waals surface area contributed by atoms with Gasteiger partial charge in [-0.25, -0.2) is 4.79 Å². The molecule has 4 rings (SSSR count). The summed E-state index contributed by atoms with van der Waals surface area (Å²) in [4.78, 5) is 13.1. The summed E-state index contributed by atoms with van der Waals surface area (Å²) < 4.78 is 6.06. The molecule has 1 saturated carbocycles. The Morgan fingerprint density at radius 3 is 1.95 bits per heavy atom. The molecule has 3 heteroatoms. The molecule has 0 aromatic heterocycles. The zero-order chi connectivity index (χ0) is 27.6. The molecule has 202 valence electrons. The quantitative estimate of drug-likeness (QED) is 0.344. The molecular weight excluding hydrogens is 466 g/mol. The molecule has 0 radical (unpaired) electrons. The zero-order valence-corrected chi connectivity index (χ0v) is 24.4. The van der Waals surface area contributed by atoms with E-state index >= 15 is 0 Å². The summed E-state index contributed by atoms with van der Waals surface area (Å²) in [6.45, 7) is 16.5. The van der Waals surface area contributed by atoms with Gasteiger partial charge < -0.3 is 10.1 Å². The Kier molecular flexibility index (Phi) is 7.79. The van der Waals surface area contributed by atoms with Crippen LogP contribution in [0, 0.1) is 10.8 Å². The largest absolute Gasteiger partial charge is 0.412 e. The topological polar surface area (TPSA) is 38.3 Å². The van der Waals surface area contributed by atoms with E-state index in [2.05, 4.69) is 114 Å². The van der Waals surface area contributed by atoms with E-state index < -0.39 is 0 Å². The zero-order valence-electron chi connectivity index (χ0n) is 24.4. The second-order valence-electron chi connectivity index (χ2n) is 13.4. The number of hydrogen-bond acceptors (Lipinski definition) is 2. The average Bonchev–Trinajstić information content (AvgIpc) is 2.88. The van der Waals surface area contributed by atoms with E-state index in [-0.39, 0.29) is 22.3 Å². The highest BCUT2D eigenvalue weighted by Crippen LogP contribution is 2.46. The molecule has 1 unspecified atom stereocenters. The number of nitrogens with one attached hydrogen (secondary N) is 1. The first-order chi connectivity index (χ1) is 17.8. The third kappa shape index (κ3) is 6.14. The van der Waals surface area contributed by atoms with Crippen LogP contribution < -0.4 is 10.1 Å². The fraction of sp³-hybridized carbons (Fsp3) is 0.457. The van der Waals surface area contributed by atoms with E-state index in [1.165, 1.54) is 29.5 Å². The van der Waals surface area contributed by atoms with Crippen LogP contribution in [0.4, 0.5) is 4.79 Å². The Morgan fingerprint density at radius 2 is 1.37 bits per heavy atom. The van der Waals surface area contributed by atoms with Gasteiger partial charge in [0, 0.05) is 22.9 Å². The highest BCUT2D eigenvalue weighted by Gasteiger charge is 2.37. The van der Waals surface area contributed by atoms with E-state index in [1.807, 2.05) is 18.2 Å². The summed E-state index contributed by atoms with van der Waals surface area (Å²) in [6.07, 6.45) is 4.31. The predicted octanol–water partition coefficient (Wildman–Crippen LogP) is 9.03. The lowest BCUT2D eigenvalue weighted by Gasteiger charge is -2.42. The van der Waals surface area contributed by atoms with Crippen molar-refractivity contribution < 1.29 is 9.53 Å². The van der Waals surface area contributed by atoms with Gasteiger partial charge in [-0.15, -0.1) is 0 Å². The summed E-state index contributed by atoms with van der Waals surface area (Å²) in [5.74, 6) is 0.609. The van der Waals surface area contributed by atoms with E-state index in [0.717, 1.165) is 18.4 Å². The molecule has 1 N–H and O–H groups in total. The molecule has 38 heavy (non-hydrogen) atoms. The van der Waals surface area contributed by atoms with Crippen molar-refractivity contribution in [3.63, 3.8) is 0 Å². The average molecular weight is 512 g/mol. The minimum absolute atomic E-state index is 0.0937. The summed E-state index contributed by atoms with van der Waals surface area (Å²) in [7, 11) is 0. The molecule has 3 aromatic carbocycles. The molecule has 0 heterocycles. The molecule has 1 fully saturated rings. The first-order valence-electron chi connectivity index (χ1n) is 14.0. The summed E-state index contributed by atoms with van der Waals surface area (Å²) in [5, 5.41) is 3.11. The van der Waals surface area contributed by atoms with Crippen LogP contribution in [-0.2, 0) is 10.8 Å². The molecule has 1 aliphatic rings. The second kappa shape index (κ2) is 10.6. The molecule has 0 spiro atoms. The first kappa shape index (κ1) is 28.0. The van der Waals surface area contributed by atoms with Gasteiger partial charge in [-0.2, -0.15) is 0 Å². The van der Waals surface area contributed by atoms with Gasteiger partial charge in [0.05, 0.1) is 0 Å². The third-order valence-corrected chi connectivity index (χ3v) is 8.77. The van der Waals surface area contributed by atoms with Gasteiger partial charge in [0.15, 0.2) is 0 Å². The van der Waals surface area contributed by atoms with Crippen molar-refractivity contribution in [2.24, 2.45) is 10.8 Å². The van der Waals surface area contributed by atoms with Crippen molar-refractivity contribution >= 4 is 6.09 Å². The number of carbonyl (C=O) groups excluding carboxylic acids is 1. The van der Waals surface area contributed by atoms with Crippen molar-refractivity contribution in [3.05, 3.63) is 101 Å². The number of carbonyl (C=O) groups is 1. The number of rotatable bonds is 7. The van der Waals surface area contributed by atoms with E-state index in [0.29, 0.717) is 17.7 Å². The van der Waals surface area contributed by atoms with E-state index in [9.17, 15) is 4.79 Å². The predicted molar refractivity (Wildman–Crippen MR) is 158 cm³/mol. The van der Waals surface area contributed by atoms with Gasteiger partial charge in [-0.05, 0) is 52.8 Å². The lowest BCUT2D eigenvalue weighted by molar-refractivity contribution is 0.0968. The van der Waals surface area contributed by atoms with Crippen molar-refractivity contribution in [2.45, 2.75) is 85.0 Å². The molecule has 1 aliphatic carbocycles. The smallest absolute Gasteiger partial charge is 0.410 e.